The first kappa shape index (κ1) is 15.3. The molecule has 0 atom stereocenters. The second-order valence-corrected chi connectivity index (χ2v) is 5.55. The van der Waals surface area contributed by atoms with Crippen LogP contribution in [0.1, 0.15) is 5.56 Å². The number of hydrogen-bond donors (Lipinski definition) is 2. The molecule has 0 spiro atoms. The summed E-state index contributed by atoms with van der Waals surface area (Å²) >= 11 is 1.12. The number of carbonyl (C=O) groups is 1. The minimum atomic E-state index is -0.928. The number of nitrogen functional groups attached to an aromatic ring is 1. The van der Waals surface area contributed by atoms with E-state index in [1.807, 2.05) is 13.0 Å². The maximum Gasteiger partial charge on any atom is 0.234 e. The fourth-order valence-corrected chi connectivity index (χ4v) is 2.42. The van der Waals surface area contributed by atoms with Gasteiger partial charge in [0, 0.05) is 4.90 Å². The van der Waals surface area contributed by atoms with Crippen molar-refractivity contribution in [2.75, 3.05) is 16.8 Å². The summed E-state index contributed by atoms with van der Waals surface area (Å²) in [5.74, 6) is -2.02. The van der Waals surface area contributed by atoms with Crippen LogP contribution in [0.2, 0.25) is 0 Å². The lowest BCUT2D eigenvalue weighted by atomic mass is 10.2. The summed E-state index contributed by atoms with van der Waals surface area (Å²) in [6.07, 6.45) is 0. The van der Waals surface area contributed by atoms with Gasteiger partial charge in [-0.25, -0.2) is 8.78 Å². The summed E-state index contributed by atoms with van der Waals surface area (Å²) < 4.78 is 25.8. The van der Waals surface area contributed by atoms with Crippen molar-refractivity contribution < 1.29 is 13.6 Å². The summed E-state index contributed by atoms with van der Waals surface area (Å²) in [6.45, 7) is 1.90. The fourth-order valence-electron chi connectivity index (χ4n) is 1.70. The molecule has 21 heavy (non-hydrogen) atoms. The molecule has 2 aromatic rings. The molecule has 2 rings (SSSR count). The number of carbonyl (C=O) groups excluding carboxylic acids is 1. The predicted molar refractivity (Wildman–Crippen MR) is 81.3 cm³/mol. The first-order valence-corrected chi connectivity index (χ1v) is 7.18. The molecule has 1 amide bonds. The highest BCUT2D eigenvalue weighted by atomic mass is 32.2. The van der Waals surface area contributed by atoms with Gasteiger partial charge < -0.3 is 11.1 Å². The molecular formula is C15H14F2N2OS. The minimum absolute atomic E-state index is 0.0817. The van der Waals surface area contributed by atoms with Crippen molar-refractivity contribution >= 4 is 29.0 Å². The van der Waals surface area contributed by atoms with Crippen LogP contribution in [0.15, 0.2) is 41.3 Å². The monoisotopic (exact) mass is 308 g/mol. The SMILES string of the molecule is Cc1ccc(NC(=O)CSc2ccc(F)c(F)c2)c(N)c1. The number of aryl methyl sites for hydroxylation is 1. The van der Waals surface area contributed by atoms with E-state index in [1.54, 1.807) is 12.1 Å². The lowest BCUT2D eigenvalue weighted by molar-refractivity contribution is -0.113. The number of benzene rings is 2. The Morgan fingerprint density at radius 1 is 1.19 bits per heavy atom. The van der Waals surface area contributed by atoms with Gasteiger partial charge in [-0.15, -0.1) is 11.8 Å². The van der Waals surface area contributed by atoms with Crippen LogP contribution in [0.3, 0.4) is 0 Å². The van der Waals surface area contributed by atoms with Crippen LogP contribution in [0.25, 0.3) is 0 Å². The van der Waals surface area contributed by atoms with Gasteiger partial charge in [-0.2, -0.15) is 0 Å². The Bertz CT molecular complexity index is 677. The number of halogens is 2. The zero-order valence-electron chi connectivity index (χ0n) is 11.3. The molecule has 3 N–H and O–H groups in total. The number of nitrogens with two attached hydrogens (primary N) is 1. The quantitative estimate of drug-likeness (QED) is 0.670. The predicted octanol–water partition coefficient (Wildman–Crippen LogP) is 3.59. The third kappa shape index (κ3) is 4.19. The van der Waals surface area contributed by atoms with E-state index in [1.165, 1.54) is 6.07 Å². The molecule has 0 saturated heterocycles. The first-order chi connectivity index (χ1) is 9.95. The van der Waals surface area contributed by atoms with Gasteiger partial charge in [0.2, 0.25) is 5.91 Å². The normalized spacial score (nSPS) is 10.4. The van der Waals surface area contributed by atoms with Gasteiger partial charge in [0.15, 0.2) is 11.6 Å². The molecule has 0 saturated carbocycles. The van der Waals surface area contributed by atoms with Crippen molar-refractivity contribution in [3.05, 3.63) is 53.6 Å². The van der Waals surface area contributed by atoms with E-state index in [9.17, 15) is 13.6 Å². The highest BCUT2D eigenvalue weighted by Gasteiger charge is 2.08. The molecule has 0 aromatic heterocycles. The number of hydrogen-bond acceptors (Lipinski definition) is 3. The Balaban J connectivity index is 1.94. The topological polar surface area (TPSA) is 55.1 Å². The summed E-state index contributed by atoms with van der Waals surface area (Å²) in [6, 6.07) is 8.86. The minimum Gasteiger partial charge on any atom is -0.397 e. The Hall–Kier alpha value is -2.08. The molecule has 6 heteroatoms. The summed E-state index contributed by atoms with van der Waals surface area (Å²) in [7, 11) is 0. The van der Waals surface area contributed by atoms with E-state index in [0.717, 1.165) is 29.5 Å². The number of thioether (sulfide) groups is 1. The van der Waals surface area contributed by atoms with Crippen molar-refractivity contribution in [2.24, 2.45) is 0 Å². The van der Waals surface area contributed by atoms with Crippen LogP contribution in [-0.4, -0.2) is 11.7 Å². The van der Waals surface area contributed by atoms with Gasteiger partial charge in [-0.1, -0.05) is 6.07 Å². The summed E-state index contributed by atoms with van der Waals surface area (Å²) in [5.41, 5.74) is 7.83. The van der Waals surface area contributed by atoms with E-state index >= 15 is 0 Å². The van der Waals surface area contributed by atoms with Gasteiger partial charge in [0.1, 0.15) is 0 Å². The summed E-state index contributed by atoms with van der Waals surface area (Å²) in [5, 5.41) is 2.68. The second kappa shape index (κ2) is 6.58. The van der Waals surface area contributed by atoms with Crippen LogP contribution in [0.4, 0.5) is 20.2 Å². The maximum atomic E-state index is 13.0. The molecule has 3 nitrogen and oxygen atoms in total. The van der Waals surface area contributed by atoms with E-state index in [0.29, 0.717) is 16.3 Å². The first-order valence-electron chi connectivity index (χ1n) is 6.19. The zero-order chi connectivity index (χ0) is 15.4. The van der Waals surface area contributed by atoms with E-state index in [-0.39, 0.29) is 11.7 Å². The lowest BCUT2D eigenvalue weighted by Crippen LogP contribution is -2.15. The van der Waals surface area contributed by atoms with E-state index in [4.69, 9.17) is 5.73 Å². The fraction of sp³-hybridized carbons (Fsp3) is 0.133. The third-order valence-electron chi connectivity index (χ3n) is 2.74. The third-order valence-corrected chi connectivity index (χ3v) is 3.74. The van der Waals surface area contributed by atoms with Crippen molar-refractivity contribution in [3.8, 4) is 0 Å². The molecule has 0 fully saturated rings. The summed E-state index contributed by atoms with van der Waals surface area (Å²) in [4.78, 5) is 12.3. The highest BCUT2D eigenvalue weighted by molar-refractivity contribution is 8.00. The molecule has 0 aliphatic carbocycles. The molecule has 2 aromatic carbocycles. The van der Waals surface area contributed by atoms with Gasteiger partial charge in [-0.3, -0.25) is 4.79 Å². The van der Waals surface area contributed by atoms with Crippen molar-refractivity contribution in [3.63, 3.8) is 0 Å². The van der Waals surface area contributed by atoms with Crippen LogP contribution in [0, 0.1) is 18.6 Å². The maximum absolute atomic E-state index is 13.0. The number of amides is 1. The molecule has 0 aliphatic heterocycles. The molecular weight excluding hydrogens is 294 g/mol. The lowest BCUT2D eigenvalue weighted by Gasteiger charge is -2.09. The Labute approximate surface area is 125 Å². The molecule has 0 radical (unpaired) electrons. The van der Waals surface area contributed by atoms with Gasteiger partial charge in [0.05, 0.1) is 17.1 Å². The standard InChI is InChI=1S/C15H14F2N2OS/c1-9-2-5-14(13(18)6-9)19-15(20)8-21-10-3-4-11(16)12(17)7-10/h2-7H,8,18H2,1H3,(H,19,20). The molecule has 0 bridgehead atoms. The molecule has 0 aliphatic rings. The number of nitrogens with one attached hydrogen (secondary N) is 1. The second-order valence-electron chi connectivity index (χ2n) is 4.50. The Morgan fingerprint density at radius 2 is 1.95 bits per heavy atom. The Morgan fingerprint density at radius 3 is 2.62 bits per heavy atom. The van der Waals surface area contributed by atoms with E-state index < -0.39 is 11.6 Å². The number of anilines is 2. The largest absolute Gasteiger partial charge is 0.397 e. The van der Waals surface area contributed by atoms with E-state index in [2.05, 4.69) is 5.32 Å². The van der Waals surface area contributed by atoms with Crippen molar-refractivity contribution in [2.45, 2.75) is 11.8 Å². The zero-order valence-corrected chi connectivity index (χ0v) is 12.1. The van der Waals surface area contributed by atoms with Crippen molar-refractivity contribution in [1.82, 2.24) is 0 Å². The average molecular weight is 308 g/mol. The van der Waals surface area contributed by atoms with Crippen LogP contribution in [-0.2, 0) is 4.79 Å². The van der Waals surface area contributed by atoms with Crippen LogP contribution >= 0.6 is 11.8 Å². The smallest absolute Gasteiger partial charge is 0.234 e. The van der Waals surface area contributed by atoms with Crippen LogP contribution < -0.4 is 11.1 Å². The highest BCUT2D eigenvalue weighted by Crippen LogP contribution is 2.22. The Kier molecular flexibility index (Phi) is 4.80. The van der Waals surface area contributed by atoms with Gasteiger partial charge in [-0.05, 0) is 42.8 Å². The van der Waals surface area contributed by atoms with Crippen molar-refractivity contribution in [1.29, 1.82) is 0 Å². The molecule has 110 valence electrons. The average Bonchev–Trinajstić information content (AvgIpc) is 2.43. The molecule has 0 unspecified atom stereocenters. The van der Waals surface area contributed by atoms with Crippen LogP contribution in [0.5, 0.6) is 0 Å². The van der Waals surface area contributed by atoms with Gasteiger partial charge in [0.25, 0.3) is 0 Å². The number of rotatable bonds is 4. The van der Waals surface area contributed by atoms with Gasteiger partial charge >= 0.3 is 0 Å². The molecule has 0 heterocycles.